The van der Waals surface area contributed by atoms with Gasteiger partial charge < -0.3 is 4.40 Å². The lowest BCUT2D eigenvalue weighted by atomic mass is 10.3. The number of imidazole rings is 1. The van der Waals surface area contributed by atoms with E-state index in [9.17, 15) is 0 Å². The van der Waals surface area contributed by atoms with Gasteiger partial charge in [-0.05, 0) is 25.5 Å². The van der Waals surface area contributed by atoms with E-state index in [4.69, 9.17) is 11.6 Å². The monoisotopic (exact) mass is 194 g/mol. The molecule has 0 radical (unpaired) electrons. The molecule has 0 aliphatic carbocycles. The Morgan fingerprint density at radius 2 is 2.23 bits per heavy atom. The highest BCUT2D eigenvalue weighted by Gasteiger charge is 2.07. The number of nitrogens with zero attached hydrogens (tertiary/aromatic N) is 2. The maximum Gasteiger partial charge on any atom is 0.140 e. The molecule has 68 valence electrons. The number of halogens is 1. The second-order valence-electron chi connectivity index (χ2n) is 3.16. The summed E-state index contributed by atoms with van der Waals surface area (Å²) in [5, 5.41) is 0. The lowest BCUT2D eigenvalue weighted by Gasteiger charge is -1.99. The maximum atomic E-state index is 5.84. The standard InChI is InChI=1S/C10H11ClN2/c1-7-4-3-5-13-9(6-11)8(2)12-10(7)13/h3-5H,6H2,1-2H3. The smallest absolute Gasteiger partial charge is 0.140 e. The Labute approximate surface area is 82.2 Å². The van der Waals surface area contributed by atoms with Crippen molar-refractivity contribution < 1.29 is 0 Å². The van der Waals surface area contributed by atoms with Crippen molar-refractivity contribution in [2.24, 2.45) is 0 Å². The van der Waals surface area contributed by atoms with Crippen LogP contribution in [0, 0.1) is 13.8 Å². The van der Waals surface area contributed by atoms with Gasteiger partial charge in [0.1, 0.15) is 5.65 Å². The van der Waals surface area contributed by atoms with Gasteiger partial charge in [-0.2, -0.15) is 0 Å². The predicted molar refractivity (Wildman–Crippen MR) is 54.2 cm³/mol. The van der Waals surface area contributed by atoms with Crippen LogP contribution in [0.5, 0.6) is 0 Å². The lowest BCUT2D eigenvalue weighted by molar-refractivity contribution is 1.07. The molecule has 2 rings (SSSR count). The van der Waals surface area contributed by atoms with E-state index in [1.54, 1.807) is 0 Å². The quantitative estimate of drug-likeness (QED) is 0.638. The van der Waals surface area contributed by atoms with Crippen LogP contribution in [-0.2, 0) is 5.88 Å². The molecule has 2 nitrogen and oxygen atoms in total. The van der Waals surface area contributed by atoms with Crippen molar-refractivity contribution in [2.75, 3.05) is 0 Å². The number of hydrogen-bond donors (Lipinski definition) is 0. The van der Waals surface area contributed by atoms with Gasteiger partial charge in [0, 0.05) is 6.20 Å². The van der Waals surface area contributed by atoms with Gasteiger partial charge in [0.2, 0.25) is 0 Å². The molecule has 2 heterocycles. The predicted octanol–water partition coefficient (Wildman–Crippen LogP) is 2.69. The molecule has 2 aromatic rings. The fourth-order valence-corrected chi connectivity index (χ4v) is 1.85. The zero-order valence-corrected chi connectivity index (χ0v) is 8.47. The van der Waals surface area contributed by atoms with E-state index in [0.29, 0.717) is 5.88 Å². The molecule has 0 spiro atoms. The second kappa shape index (κ2) is 3.04. The number of rotatable bonds is 1. The van der Waals surface area contributed by atoms with Crippen molar-refractivity contribution in [3.8, 4) is 0 Å². The van der Waals surface area contributed by atoms with E-state index in [0.717, 1.165) is 17.0 Å². The SMILES string of the molecule is Cc1nc2c(C)cccn2c1CCl. The number of fused-ring (bicyclic) bond motifs is 1. The highest BCUT2D eigenvalue weighted by molar-refractivity contribution is 6.17. The van der Waals surface area contributed by atoms with Crippen LogP contribution < -0.4 is 0 Å². The molecule has 0 fully saturated rings. The minimum Gasteiger partial charge on any atom is -0.302 e. The first-order valence-electron chi connectivity index (χ1n) is 4.23. The van der Waals surface area contributed by atoms with E-state index in [1.807, 2.05) is 19.2 Å². The third kappa shape index (κ3) is 1.22. The van der Waals surface area contributed by atoms with E-state index in [2.05, 4.69) is 22.4 Å². The Morgan fingerprint density at radius 3 is 2.92 bits per heavy atom. The number of pyridine rings is 1. The van der Waals surface area contributed by atoms with E-state index in [1.165, 1.54) is 5.56 Å². The molecule has 0 N–H and O–H groups in total. The summed E-state index contributed by atoms with van der Waals surface area (Å²) in [4.78, 5) is 4.46. The fourth-order valence-electron chi connectivity index (χ4n) is 1.53. The Bertz CT molecular complexity index is 445. The summed E-state index contributed by atoms with van der Waals surface area (Å²) in [5.41, 5.74) is 4.29. The van der Waals surface area contributed by atoms with Crippen LogP contribution in [0.15, 0.2) is 18.3 Å². The minimum absolute atomic E-state index is 0.510. The largest absolute Gasteiger partial charge is 0.302 e. The maximum absolute atomic E-state index is 5.84. The number of alkyl halides is 1. The third-order valence-electron chi connectivity index (χ3n) is 2.27. The molecule has 0 atom stereocenters. The van der Waals surface area contributed by atoms with Crippen LogP contribution in [0.25, 0.3) is 5.65 Å². The molecule has 0 aliphatic rings. The summed E-state index contributed by atoms with van der Waals surface area (Å²) in [7, 11) is 0. The van der Waals surface area contributed by atoms with Crippen molar-refractivity contribution in [1.29, 1.82) is 0 Å². The van der Waals surface area contributed by atoms with Crippen LogP contribution in [0.4, 0.5) is 0 Å². The summed E-state index contributed by atoms with van der Waals surface area (Å²) in [6, 6.07) is 4.07. The minimum atomic E-state index is 0.510. The molecule has 13 heavy (non-hydrogen) atoms. The summed E-state index contributed by atoms with van der Waals surface area (Å²) < 4.78 is 2.05. The molecule has 3 heteroatoms. The summed E-state index contributed by atoms with van der Waals surface area (Å²) in [5.74, 6) is 0.510. The Hall–Kier alpha value is -1.02. The van der Waals surface area contributed by atoms with Crippen molar-refractivity contribution >= 4 is 17.2 Å². The number of aromatic nitrogens is 2. The van der Waals surface area contributed by atoms with Gasteiger partial charge in [0.05, 0.1) is 17.3 Å². The summed E-state index contributed by atoms with van der Waals surface area (Å²) in [6.07, 6.45) is 2.00. The molecule has 0 saturated heterocycles. The van der Waals surface area contributed by atoms with Gasteiger partial charge in [0.25, 0.3) is 0 Å². The van der Waals surface area contributed by atoms with Crippen molar-refractivity contribution in [2.45, 2.75) is 19.7 Å². The van der Waals surface area contributed by atoms with E-state index in [-0.39, 0.29) is 0 Å². The Balaban J connectivity index is 2.86. The highest BCUT2D eigenvalue weighted by Crippen LogP contribution is 2.16. The third-order valence-corrected chi connectivity index (χ3v) is 2.52. The highest BCUT2D eigenvalue weighted by atomic mass is 35.5. The molecule has 0 amide bonds. The van der Waals surface area contributed by atoms with Crippen molar-refractivity contribution in [3.63, 3.8) is 0 Å². The average Bonchev–Trinajstić information content (AvgIpc) is 2.43. The van der Waals surface area contributed by atoms with E-state index < -0.39 is 0 Å². The number of hydrogen-bond acceptors (Lipinski definition) is 1. The van der Waals surface area contributed by atoms with Gasteiger partial charge in [-0.1, -0.05) is 6.07 Å². The van der Waals surface area contributed by atoms with Crippen molar-refractivity contribution in [3.05, 3.63) is 35.3 Å². The lowest BCUT2D eigenvalue weighted by Crippen LogP contribution is -1.91. The van der Waals surface area contributed by atoms with Crippen LogP contribution in [0.1, 0.15) is 17.0 Å². The first-order chi connectivity index (χ1) is 6.24. The van der Waals surface area contributed by atoms with Crippen LogP contribution in [0.2, 0.25) is 0 Å². The van der Waals surface area contributed by atoms with Gasteiger partial charge in [-0.3, -0.25) is 0 Å². The van der Waals surface area contributed by atoms with Gasteiger partial charge in [0.15, 0.2) is 0 Å². The molecule has 2 aromatic heterocycles. The molecule has 0 unspecified atom stereocenters. The van der Waals surface area contributed by atoms with E-state index >= 15 is 0 Å². The van der Waals surface area contributed by atoms with Gasteiger partial charge >= 0.3 is 0 Å². The Kier molecular flexibility index (Phi) is 2.00. The fraction of sp³-hybridized carbons (Fsp3) is 0.300. The average molecular weight is 195 g/mol. The molecule has 0 bridgehead atoms. The van der Waals surface area contributed by atoms with Crippen molar-refractivity contribution in [1.82, 2.24) is 9.38 Å². The first kappa shape index (κ1) is 8.57. The van der Waals surface area contributed by atoms with Gasteiger partial charge in [-0.15, -0.1) is 11.6 Å². The van der Waals surface area contributed by atoms with Gasteiger partial charge in [-0.25, -0.2) is 4.98 Å². The summed E-state index contributed by atoms with van der Waals surface area (Å²) in [6.45, 7) is 4.05. The normalized spacial score (nSPS) is 11.0. The molecule has 0 aromatic carbocycles. The molecular weight excluding hydrogens is 184 g/mol. The Morgan fingerprint density at radius 1 is 1.46 bits per heavy atom. The number of aryl methyl sites for hydroxylation is 2. The van der Waals surface area contributed by atoms with Crippen LogP contribution in [-0.4, -0.2) is 9.38 Å². The first-order valence-corrected chi connectivity index (χ1v) is 4.76. The molecule has 0 saturated carbocycles. The molecule has 0 aliphatic heterocycles. The zero-order valence-electron chi connectivity index (χ0n) is 7.71. The topological polar surface area (TPSA) is 17.3 Å². The second-order valence-corrected chi connectivity index (χ2v) is 3.43. The van der Waals surface area contributed by atoms with Crippen LogP contribution >= 0.6 is 11.6 Å². The molecular formula is C10H11ClN2. The van der Waals surface area contributed by atoms with Crippen LogP contribution in [0.3, 0.4) is 0 Å². The zero-order chi connectivity index (χ0) is 9.42. The summed E-state index contributed by atoms with van der Waals surface area (Å²) >= 11 is 5.84.